The van der Waals surface area contributed by atoms with Crippen LogP contribution in [0.4, 0.5) is 4.79 Å². The van der Waals surface area contributed by atoms with E-state index in [1.54, 1.807) is 6.92 Å². The lowest BCUT2D eigenvalue weighted by Gasteiger charge is -2.14. The first-order valence-corrected chi connectivity index (χ1v) is 7.26. The average Bonchev–Trinajstić information content (AvgIpc) is 2.33. The van der Waals surface area contributed by atoms with Gasteiger partial charge in [0.15, 0.2) is 0 Å². The molecule has 0 aliphatic heterocycles. The van der Waals surface area contributed by atoms with Gasteiger partial charge < -0.3 is 21.5 Å². The number of amides is 3. The molecule has 0 heterocycles. The molecule has 0 bridgehead atoms. The summed E-state index contributed by atoms with van der Waals surface area (Å²) in [5.74, 6) is -1.07. The predicted molar refractivity (Wildman–Crippen MR) is 69.9 cm³/mol. The Morgan fingerprint density at radius 3 is 2.47 bits per heavy atom. The van der Waals surface area contributed by atoms with Gasteiger partial charge in [0.05, 0.1) is 0 Å². The number of nitrogens with two attached hydrogens (primary N) is 1. The van der Waals surface area contributed by atoms with Crippen LogP contribution in [0, 0.1) is 0 Å². The molecule has 0 aromatic rings. The molecular formula is C10H19N3O5S. The summed E-state index contributed by atoms with van der Waals surface area (Å²) in [6.07, 6.45) is -0.198. The number of nitrogens with one attached hydrogen (secondary N) is 2. The summed E-state index contributed by atoms with van der Waals surface area (Å²) in [4.78, 5) is 32.8. The number of urea groups is 1. The second-order valence-electron chi connectivity index (χ2n) is 3.73. The monoisotopic (exact) mass is 293 g/mol. The number of rotatable bonds is 9. The number of carbonyl (C=O) groups excluding carboxylic acids is 2. The highest BCUT2D eigenvalue weighted by Gasteiger charge is 2.20. The number of carbonyl (C=O) groups is 3. The summed E-state index contributed by atoms with van der Waals surface area (Å²) < 4.78 is 11.1. The van der Waals surface area contributed by atoms with Gasteiger partial charge in [-0.3, -0.25) is 9.00 Å². The van der Waals surface area contributed by atoms with Gasteiger partial charge in [0.1, 0.15) is 6.04 Å². The van der Waals surface area contributed by atoms with E-state index < -0.39 is 34.7 Å². The van der Waals surface area contributed by atoms with E-state index in [0.717, 1.165) is 0 Å². The minimum atomic E-state index is -1.24. The molecule has 3 amide bonds. The van der Waals surface area contributed by atoms with E-state index in [9.17, 15) is 18.6 Å². The van der Waals surface area contributed by atoms with Crippen LogP contribution in [0.2, 0.25) is 0 Å². The Labute approximate surface area is 113 Å². The summed E-state index contributed by atoms with van der Waals surface area (Å²) in [5.41, 5.74) is 4.91. The van der Waals surface area contributed by atoms with Gasteiger partial charge in [-0.05, 0) is 6.42 Å². The van der Waals surface area contributed by atoms with Crippen molar-refractivity contribution in [3.05, 3.63) is 0 Å². The van der Waals surface area contributed by atoms with Crippen molar-refractivity contribution < 1.29 is 23.7 Å². The Morgan fingerprint density at radius 1 is 1.37 bits per heavy atom. The molecule has 0 fully saturated rings. The lowest BCUT2D eigenvalue weighted by molar-refractivity contribution is -0.139. The van der Waals surface area contributed by atoms with Crippen LogP contribution in [0.15, 0.2) is 0 Å². The van der Waals surface area contributed by atoms with Crippen molar-refractivity contribution in [2.24, 2.45) is 5.73 Å². The normalized spacial score (nSPS) is 13.3. The summed E-state index contributed by atoms with van der Waals surface area (Å²) in [5, 5.41) is 13.4. The van der Waals surface area contributed by atoms with Crippen LogP contribution in [0.3, 0.4) is 0 Å². The number of carboxylic acid groups (broad SMARTS) is 1. The first-order valence-electron chi connectivity index (χ1n) is 5.77. The molecule has 5 N–H and O–H groups in total. The minimum absolute atomic E-state index is 0.0705. The minimum Gasteiger partial charge on any atom is -0.480 e. The SMILES string of the molecule is CCS(=O)CCNC(=O)NC(CCC(N)=O)C(=O)O. The van der Waals surface area contributed by atoms with Crippen LogP contribution in [-0.2, 0) is 20.4 Å². The highest BCUT2D eigenvalue weighted by Crippen LogP contribution is 1.97. The van der Waals surface area contributed by atoms with Gasteiger partial charge >= 0.3 is 12.0 Å². The van der Waals surface area contributed by atoms with Crippen molar-refractivity contribution in [1.82, 2.24) is 10.6 Å². The fraction of sp³-hybridized carbons (Fsp3) is 0.700. The van der Waals surface area contributed by atoms with E-state index in [-0.39, 0.29) is 19.4 Å². The van der Waals surface area contributed by atoms with Crippen LogP contribution >= 0.6 is 0 Å². The van der Waals surface area contributed by atoms with Crippen molar-refractivity contribution >= 4 is 28.7 Å². The van der Waals surface area contributed by atoms with E-state index >= 15 is 0 Å². The second-order valence-corrected chi connectivity index (χ2v) is 5.59. The van der Waals surface area contributed by atoms with E-state index in [4.69, 9.17) is 10.8 Å². The molecular weight excluding hydrogens is 274 g/mol. The third-order valence-corrected chi connectivity index (χ3v) is 3.52. The fourth-order valence-corrected chi connectivity index (χ4v) is 1.79. The highest BCUT2D eigenvalue weighted by molar-refractivity contribution is 7.84. The van der Waals surface area contributed by atoms with Crippen LogP contribution < -0.4 is 16.4 Å². The van der Waals surface area contributed by atoms with E-state index in [2.05, 4.69) is 10.6 Å². The van der Waals surface area contributed by atoms with Crippen molar-refractivity contribution in [3.8, 4) is 0 Å². The number of hydrogen-bond acceptors (Lipinski definition) is 4. The maximum Gasteiger partial charge on any atom is 0.326 e. The number of hydrogen-bond donors (Lipinski definition) is 4. The molecule has 8 nitrogen and oxygen atoms in total. The summed E-state index contributed by atoms with van der Waals surface area (Å²) in [6.45, 7) is 1.95. The Hall–Kier alpha value is -1.64. The van der Waals surface area contributed by atoms with Crippen LogP contribution in [0.5, 0.6) is 0 Å². The summed E-state index contributed by atoms with van der Waals surface area (Å²) >= 11 is 0. The zero-order chi connectivity index (χ0) is 14.8. The molecule has 0 spiro atoms. The Morgan fingerprint density at radius 2 is 2.00 bits per heavy atom. The van der Waals surface area contributed by atoms with Gasteiger partial charge in [-0.1, -0.05) is 6.92 Å². The first kappa shape index (κ1) is 17.4. The third-order valence-electron chi connectivity index (χ3n) is 2.22. The Bertz CT molecular complexity index is 361. The van der Waals surface area contributed by atoms with Gasteiger partial charge in [0, 0.05) is 35.3 Å². The molecule has 0 rings (SSSR count). The topological polar surface area (TPSA) is 139 Å². The van der Waals surface area contributed by atoms with E-state index in [1.807, 2.05) is 0 Å². The standard InChI is InChI=1S/C10H19N3O5S/c1-2-19(18)6-5-12-10(17)13-7(9(15)16)3-4-8(11)14/h7H,2-6H2,1H3,(H2,11,14)(H,15,16)(H2,12,13,17). The average molecular weight is 293 g/mol. The van der Waals surface area contributed by atoms with Crippen molar-refractivity contribution in [1.29, 1.82) is 0 Å². The predicted octanol–water partition coefficient (Wildman–Crippen LogP) is -1.23. The van der Waals surface area contributed by atoms with Crippen LogP contribution in [0.1, 0.15) is 19.8 Å². The molecule has 0 aliphatic carbocycles. The number of aliphatic carboxylic acids is 1. The quantitative estimate of drug-likeness (QED) is 0.422. The zero-order valence-corrected chi connectivity index (χ0v) is 11.5. The molecule has 0 aromatic carbocycles. The molecule has 2 atom stereocenters. The van der Waals surface area contributed by atoms with E-state index in [1.165, 1.54) is 0 Å². The number of primary amides is 1. The molecule has 0 aliphatic rings. The van der Waals surface area contributed by atoms with E-state index in [0.29, 0.717) is 11.5 Å². The van der Waals surface area contributed by atoms with Gasteiger partial charge in [-0.25, -0.2) is 9.59 Å². The van der Waals surface area contributed by atoms with Crippen LogP contribution in [-0.4, -0.2) is 51.3 Å². The van der Waals surface area contributed by atoms with Gasteiger partial charge in [0.25, 0.3) is 0 Å². The summed E-state index contributed by atoms with van der Waals surface area (Å²) in [6, 6.07) is -1.85. The maximum atomic E-state index is 11.4. The lowest BCUT2D eigenvalue weighted by Crippen LogP contribution is -2.47. The molecule has 0 saturated carbocycles. The molecule has 0 aromatic heterocycles. The smallest absolute Gasteiger partial charge is 0.326 e. The highest BCUT2D eigenvalue weighted by atomic mass is 32.2. The first-order chi connectivity index (χ1) is 8.86. The van der Waals surface area contributed by atoms with Crippen molar-refractivity contribution in [2.45, 2.75) is 25.8 Å². The molecule has 19 heavy (non-hydrogen) atoms. The molecule has 2 unspecified atom stereocenters. The maximum absolute atomic E-state index is 11.4. The van der Waals surface area contributed by atoms with Crippen molar-refractivity contribution in [2.75, 3.05) is 18.1 Å². The second kappa shape index (κ2) is 9.31. The number of carboxylic acids is 1. The third kappa shape index (κ3) is 9.00. The molecule has 0 radical (unpaired) electrons. The Kier molecular flexibility index (Phi) is 8.51. The van der Waals surface area contributed by atoms with Gasteiger partial charge in [-0.2, -0.15) is 0 Å². The molecule has 0 saturated heterocycles. The lowest BCUT2D eigenvalue weighted by atomic mass is 10.1. The van der Waals surface area contributed by atoms with Crippen molar-refractivity contribution in [3.63, 3.8) is 0 Å². The van der Waals surface area contributed by atoms with Crippen LogP contribution in [0.25, 0.3) is 0 Å². The molecule has 9 heteroatoms. The largest absolute Gasteiger partial charge is 0.480 e. The Balaban J connectivity index is 4.06. The molecule has 110 valence electrons. The summed E-state index contributed by atoms with van der Waals surface area (Å²) in [7, 11) is -0.994. The van der Waals surface area contributed by atoms with Gasteiger partial charge in [-0.15, -0.1) is 0 Å². The van der Waals surface area contributed by atoms with Gasteiger partial charge in [0.2, 0.25) is 5.91 Å². The zero-order valence-electron chi connectivity index (χ0n) is 10.7. The fourth-order valence-electron chi connectivity index (χ4n) is 1.18.